The molecule has 3 aromatic rings. The van der Waals surface area contributed by atoms with Crippen molar-refractivity contribution in [2.45, 2.75) is 32.7 Å². The van der Waals surface area contributed by atoms with Gasteiger partial charge in [-0.15, -0.1) is 0 Å². The Labute approximate surface area is 165 Å². The summed E-state index contributed by atoms with van der Waals surface area (Å²) in [5, 5.41) is 7.70. The Bertz CT molecular complexity index is 925. The minimum absolute atomic E-state index is 0.0613. The molecule has 0 aliphatic carbocycles. The maximum atomic E-state index is 13.0. The minimum Gasteiger partial charge on any atom is -0.468 e. The first-order valence-electron chi connectivity index (χ1n) is 9.82. The normalized spacial score (nSPS) is 15.6. The number of carbonyl (C=O) groups excluding carboxylic acids is 1. The van der Waals surface area contributed by atoms with Gasteiger partial charge in [-0.3, -0.25) is 9.69 Å². The maximum Gasteiger partial charge on any atom is 0.255 e. The molecule has 1 aliphatic rings. The van der Waals surface area contributed by atoms with E-state index in [1.165, 1.54) is 12.8 Å². The third kappa shape index (κ3) is 3.60. The van der Waals surface area contributed by atoms with Crippen LogP contribution in [0.5, 0.6) is 0 Å². The van der Waals surface area contributed by atoms with Gasteiger partial charge >= 0.3 is 0 Å². The summed E-state index contributed by atoms with van der Waals surface area (Å²) in [6.07, 6.45) is 4.07. The lowest BCUT2D eigenvalue weighted by molar-refractivity contribution is 0.0932. The molecule has 1 atom stereocenters. The minimum atomic E-state index is -0.0899. The van der Waals surface area contributed by atoms with E-state index in [1.54, 1.807) is 6.26 Å². The lowest BCUT2D eigenvalue weighted by atomic mass is 10.1. The van der Waals surface area contributed by atoms with E-state index in [2.05, 4.69) is 15.3 Å². The Hall–Kier alpha value is -2.86. The highest BCUT2D eigenvalue weighted by molar-refractivity contribution is 5.96. The van der Waals surface area contributed by atoms with E-state index >= 15 is 0 Å². The number of aromatic nitrogens is 2. The van der Waals surface area contributed by atoms with Crippen molar-refractivity contribution in [1.29, 1.82) is 0 Å². The zero-order chi connectivity index (χ0) is 19.5. The Morgan fingerprint density at radius 1 is 1.14 bits per heavy atom. The summed E-state index contributed by atoms with van der Waals surface area (Å²) in [6, 6.07) is 13.8. The highest BCUT2D eigenvalue weighted by Gasteiger charge is 2.27. The molecule has 1 unspecified atom stereocenters. The van der Waals surface area contributed by atoms with Crippen molar-refractivity contribution in [2.75, 3.05) is 19.6 Å². The summed E-state index contributed by atoms with van der Waals surface area (Å²) >= 11 is 0. The molecule has 1 amide bonds. The molecule has 1 aromatic carbocycles. The van der Waals surface area contributed by atoms with Crippen LogP contribution in [-0.2, 0) is 0 Å². The number of aryl methyl sites for hydroxylation is 1. The second-order valence-electron chi connectivity index (χ2n) is 7.28. The fourth-order valence-electron chi connectivity index (χ4n) is 4.01. The number of hydrogen-bond donors (Lipinski definition) is 1. The van der Waals surface area contributed by atoms with Gasteiger partial charge in [0.15, 0.2) is 0 Å². The van der Waals surface area contributed by atoms with Crippen LogP contribution in [0.15, 0.2) is 53.1 Å². The number of likely N-dealkylation sites (tertiary alicyclic amines) is 1. The Morgan fingerprint density at radius 3 is 2.57 bits per heavy atom. The fraction of sp³-hybridized carbons (Fsp3) is 0.364. The predicted molar refractivity (Wildman–Crippen MR) is 108 cm³/mol. The Morgan fingerprint density at radius 2 is 1.89 bits per heavy atom. The topological polar surface area (TPSA) is 63.3 Å². The number of benzene rings is 1. The van der Waals surface area contributed by atoms with Crippen LogP contribution in [0.3, 0.4) is 0 Å². The molecule has 1 aliphatic heterocycles. The molecule has 3 heterocycles. The first-order chi connectivity index (χ1) is 13.6. The van der Waals surface area contributed by atoms with Crippen LogP contribution in [0.1, 0.15) is 46.4 Å². The second-order valence-corrected chi connectivity index (χ2v) is 7.28. The lowest BCUT2D eigenvalue weighted by Gasteiger charge is -2.26. The molecule has 4 rings (SSSR count). The molecule has 1 saturated heterocycles. The third-order valence-electron chi connectivity index (χ3n) is 5.43. The number of rotatable bonds is 6. The zero-order valence-electron chi connectivity index (χ0n) is 16.4. The van der Waals surface area contributed by atoms with E-state index in [0.717, 1.165) is 35.9 Å². The smallest absolute Gasteiger partial charge is 0.255 e. The van der Waals surface area contributed by atoms with Gasteiger partial charge < -0.3 is 9.73 Å². The average molecular weight is 378 g/mol. The van der Waals surface area contributed by atoms with Crippen molar-refractivity contribution < 1.29 is 9.21 Å². The van der Waals surface area contributed by atoms with Crippen molar-refractivity contribution in [3.8, 4) is 5.69 Å². The quantitative estimate of drug-likeness (QED) is 0.711. The van der Waals surface area contributed by atoms with Gasteiger partial charge in [-0.1, -0.05) is 18.2 Å². The second kappa shape index (κ2) is 8.02. The van der Waals surface area contributed by atoms with Crippen LogP contribution in [0.4, 0.5) is 0 Å². The molecule has 0 radical (unpaired) electrons. The number of nitrogens with one attached hydrogen (secondary N) is 1. The third-order valence-corrected chi connectivity index (χ3v) is 5.43. The molecule has 2 aromatic heterocycles. The molecule has 28 heavy (non-hydrogen) atoms. The van der Waals surface area contributed by atoms with Crippen molar-refractivity contribution in [1.82, 2.24) is 20.0 Å². The van der Waals surface area contributed by atoms with E-state index in [4.69, 9.17) is 4.42 Å². The summed E-state index contributed by atoms with van der Waals surface area (Å²) in [5.41, 5.74) is 3.17. The molecular weight excluding hydrogens is 352 g/mol. The van der Waals surface area contributed by atoms with Crippen molar-refractivity contribution in [2.24, 2.45) is 0 Å². The monoisotopic (exact) mass is 378 g/mol. The number of hydrogen-bond acceptors (Lipinski definition) is 4. The zero-order valence-corrected chi connectivity index (χ0v) is 16.4. The summed E-state index contributed by atoms with van der Waals surface area (Å²) in [4.78, 5) is 15.4. The van der Waals surface area contributed by atoms with Gasteiger partial charge in [0.25, 0.3) is 5.91 Å². The number of furan rings is 1. The molecule has 0 saturated carbocycles. The number of nitrogens with zero attached hydrogens (tertiary/aromatic N) is 3. The summed E-state index contributed by atoms with van der Waals surface area (Å²) in [5.74, 6) is 0.809. The van der Waals surface area contributed by atoms with E-state index in [1.807, 2.05) is 61.0 Å². The number of carbonyl (C=O) groups is 1. The van der Waals surface area contributed by atoms with Crippen LogP contribution in [0.25, 0.3) is 5.69 Å². The first kappa shape index (κ1) is 18.5. The van der Waals surface area contributed by atoms with E-state index < -0.39 is 0 Å². The first-order valence-corrected chi connectivity index (χ1v) is 9.82. The molecule has 1 N–H and O–H groups in total. The van der Waals surface area contributed by atoms with Crippen molar-refractivity contribution in [3.05, 3.63) is 71.4 Å². The SMILES string of the molecule is Cc1nn(-c2ccccc2)c(C)c1C(=O)NCC(c1ccco1)N1CCCC1. The van der Waals surface area contributed by atoms with E-state index in [-0.39, 0.29) is 11.9 Å². The predicted octanol–water partition coefficient (Wildman–Crippen LogP) is 3.65. The fourth-order valence-corrected chi connectivity index (χ4v) is 4.01. The Kier molecular flexibility index (Phi) is 5.30. The van der Waals surface area contributed by atoms with Crippen LogP contribution in [0, 0.1) is 13.8 Å². The van der Waals surface area contributed by atoms with Gasteiger partial charge in [0.1, 0.15) is 5.76 Å². The molecule has 146 valence electrons. The highest BCUT2D eigenvalue weighted by atomic mass is 16.3. The molecule has 6 heteroatoms. The molecular formula is C22H26N4O2. The van der Waals surface area contributed by atoms with Gasteiger partial charge in [0.05, 0.1) is 34.9 Å². The molecule has 0 spiro atoms. The maximum absolute atomic E-state index is 13.0. The summed E-state index contributed by atoms with van der Waals surface area (Å²) in [6.45, 7) is 6.40. The largest absolute Gasteiger partial charge is 0.468 e. The Balaban J connectivity index is 1.52. The average Bonchev–Trinajstić information content (AvgIpc) is 3.45. The molecule has 1 fully saturated rings. The van der Waals surface area contributed by atoms with Crippen LogP contribution < -0.4 is 5.32 Å². The van der Waals surface area contributed by atoms with Gasteiger partial charge in [-0.25, -0.2) is 4.68 Å². The van der Waals surface area contributed by atoms with E-state index in [0.29, 0.717) is 12.1 Å². The molecule has 6 nitrogen and oxygen atoms in total. The van der Waals surface area contributed by atoms with Crippen molar-refractivity contribution in [3.63, 3.8) is 0 Å². The van der Waals surface area contributed by atoms with Crippen LogP contribution >= 0.6 is 0 Å². The number of amides is 1. The number of para-hydroxylation sites is 1. The van der Waals surface area contributed by atoms with E-state index in [9.17, 15) is 4.79 Å². The standard InChI is InChI=1S/C22H26N4O2/c1-16-21(17(2)26(24-16)18-9-4-3-5-10-18)22(27)23-15-19(20-11-8-14-28-20)25-12-6-7-13-25/h3-5,8-11,14,19H,6-7,12-13,15H2,1-2H3,(H,23,27). The van der Waals surface area contributed by atoms with Gasteiger partial charge in [-0.2, -0.15) is 5.10 Å². The van der Waals surface area contributed by atoms with Crippen LogP contribution in [0.2, 0.25) is 0 Å². The summed E-state index contributed by atoms with van der Waals surface area (Å²) < 4.78 is 7.47. The lowest BCUT2D eigenvalue weighted by Crippen LogP contribution is -2.37. The summed E-state index contributed by atoms with van der Waals surface area (Å²) in [7, 11) is 0. The van der Waals surface area contributed by atoms with Crippen LogP contribution in [-0.4, -0.2) is 40.2 Å². The molecule has 0 bridgehead atoms. The van der Waals surface area contributed by atoms with Gasteiger partial charge in [0.2, 0.25) is 0 Å². The van der Waals surface area contributed by atoms with Gasteiger partial charge in [-0.05, 0) is 64.0 Å². The highest BCUT2D eigenvalue weighted by Crippen LogP contribution is 2.25. The van der Waals surface area contributed by atoms with Gasteiger partial charge in [0, 0.05) is 6.54 Å². The van der Waals surface area contributed by atoms with Crippen molar-refractivity contribution >= 4 is 5.91 Å².